The number of amides is 1. The summed E-state index contributed by atoms with van der Waals surface area (Å²) in [4.78, 5) is 21.7. The number of hydrogen-bond donors (Lipinski definition) is 1. The van der Waals surface area contributed by atoms with Crippen LogP contribution in [0.3, 0.4) is 0 Å². The smallest absolute Gasteiger partial charge is 0.228 e. The topological polar surface area (TPSA) is 54.5 Å². The maximum atomic E-state index is 12.6. The van der Waals surface area contributed by atoms with E-state index >= 15 is 0 Å². The van der Waals surface area contributed by atoms with Crippen molar-refractivity contribution in [2.24, 2.45) is 5.92 Å². The summed E-state index contributed by atoms with van der Waals surface area (Å²) < 4.78 is 5.41. The zero-order valence-electron chi connectivity index (χ0n) is 13.7. The molecule has 0 unspecified atom stereocenters. The Morgan fingerprint density at radius 3 is 2.92 bits per heavy atom. The number of aryl methyl sites for hydroxylation is 1. The molecule has 2 aliphatic rings. The summed E-state index contributed by atoms with van der Waals surface area (Å²) in [6, 6.07) is 6.25. The minimum atomic E-state index is 0.0841. The molecular weight excluding hydrogens is 322 g/mol. The van der Waals surface area contributed by atoms with Crippen molar-refractivity contribution in [1.82, 2.24) is 4.98 Å². The molecule has 2 aromatic rings. The van der Waals surface area contributed by atoms with E-state index in [1.54, 1.807) is 23.7 Å². The van der Waals surface area contributed by atoms with Gasteiger partial charge >= 0.3 is 0 Å². The summed E-state index contributed by atoms with van der Waals surface area (Å²) in [6.07, 6.45) is 4.46. The second-order valence-corrected chi connectivity index (χ2v) is 7.70. The van der Waals surface area contributed by atoms with E-state index < -0.39 is 0 Å². The maximum Gasteiger partial charge on any atom is 0.228 e. The Labute approximate surface area is 145 Å². The van der Waals surface area contributed by atoms with Crippen LogP contribution in [0.15, 0.2) is 30.6 Å². The average Bonchev–Trinajstić information content (AvgIpc) is 3.30. The Morgan fingerprint density at radius 2 is 2.17 bits per heavy atom. The average molecular weight is 343 g/mol. The molecule has 2 fully saturated rings. The van der Waals surface area contributed by atoms with E-state index in [1.807, 2.05) is 6.07 Å². The first-order valence-electron chi connectivity index (χ1n) is 8.36. The third-order valence-electron chi connectivity index (χ3n) is 4.66. The van der Waals surface area contributed by atoms with Gasteiger partial charge in [-0.3, -0.25) is 9.78 Å². The molecule has 2 aromatic heterocycles. The standard InChI is InChI=1S/C18H21N3O2S/c1-12-2-3-17(24-12)13-10-14(13)18(22)20-15-11-19-5-4-16(15)21-6-8-23-9-7-21/h2-5,11,13-14H,6-10H2,1H3,(H,20,22)/t13-,14-/m1/s1. The Kier molecular flexibility index (Phi) is 4.24. The van der Waals surface area contributed by atoms with Crippen LogP contribution in [0, 0.1) is 12.8 Å². The number of ether oxygens (including phenoxy) is 1. The van der Waals surface area contributed by atoms with Crippen LogP contribution < -0.4 is 10.2 Å². The maximum absolute atomic E-state index is 12.6. The number of morpholine rings is 1. The highest BCUT2D eigenvalue weighted by atomic mass is 32.1. The van der Waals surface area contributed by atoms with Gasteiger partial charge < -0.3 is 15.0 Å². The van der Waals surface area contributed by atoms with Crippen LogP contribution >= 0.6 is 11.3 Å². The quantitative estimate of drug-likeness (QED) is 0.927. The third-order valence-corrected chi connectivity index (χ3v) is 5.79. The second kappa shape index (κ2) is 6.53. The molecule has 1 saturated carbocycles. The highest BCUT2D eigenvalue weighted by Crippen LogP contribution is 2.50. The van der Waals surface area contributed by atoms with Crippen LogP contribution in [0.1, 0.15) is 22.1 Å². The lowest BCUT2D eigenvalue weighted by Crippen LogP contribution is -2.36. The van der Waals surface area contributed by atoms with Crippen LogP contribution in [-0.4, -0.2) is 37.2 Å². The molecule has 1 N–H and O–H groups in total. The fraction of sp³-hybridized carbons (Fsp3) is 0.444. The van der Waals surface area contributed by atoms with E-state index in [9.17, 15) is 4.79 Å². The van der Waals surface area contributed by atoms with Crippen molar-refractivity contribution < 1.29 is 9.53 Å². The number of anilines is 2. The molecule has 0 radical (unpaired) electrons. The van der Waals surface area contributed by atoms with Gasteiger partial charge in [0, 0.05) is 40.9 Å². The lowest BCUT2D eigenvalue weighted by molar-refractivity contribution is -0.117. The van der Waals surface area contributed by atoms with Gasteiger partial charge in [0.1, 0.15) is 0 Å². The Bertz CT molecular complexity index is 739. The van der Waals surface area contributed by atoms with E-state index in [0.29, 0.717) is 5.92 Å². The molecule has 1 saturated heterocycles. The molecule has 5 nitrogen and oxygen atoms in total. The molecule has 1 aliphatic heterocycles. The number of pyridine rings is 1. The van der Waals surface area contributed by atoms with Gasteiger partial charge in [-0.2, -0.15) is 0 Å². The Balaban J connectivity index is 1.45. The van der Waals surface area contributed by atoms with Crippen molar-refractivity contribution in [2.45, 2.75) is 19.3 Å². The molecule has 6 heteroatoms. The minimum absolute atomic E-state index is 0.0841. The Morgan fingerprint density at radius 1 is 1.33 bits per heavy atom. The molecule has 1 aliphatic carbocycles. The van der Waals surface area contributed by atoms with Crippen molar-refractivity contribution in [3.8, 4) is 0 Å². The van der Waals surface area contributed by atoms with Gasteiger partial charge in [0.05, 0.1) is 30.8 Å². The number of rotatable bonds is 4. The van der Waals surface area contributed by atoms with E-state index in [-0.39, 0.29) is 11.8 Å². The molecular formula is C18H21N3O2S. The zero-order chi connectivity index (χ0) is 16.5. The summed E-state index contributed by atoms with van der Waals surface area (Å²) >= 11 is 1.80. The number of thiophene rings is 1. The van der Waals surface area contributed by atoms with Crippen LogP contribution in [0.5, 0.6) is 0 Å². The third kappa shape index (κ3) is 3.16. The van der Waals surface area contributed by atoms with Gasteiger partial charge in [0.25, 0.3) is 0 Å². The molecule has 3 heterocycles. The predicted molar refractivity (Wildman–Crippen MR) is 95.8 cm³/mol. The van der Waals surface area contributed by atoms with E-state index in [0.717, 1.165) is 44.1 Å². The summed E-state index contributed by atoms with van der Waals surface area (Å²) in [5.41, 5.74) is 1.84. The first-order valence-corrected chi connectivity index (χ1v) is 9.18. The molecule has 0 spiro atoms. The van der Waals surface area contributed by atoms with Crippen molar-refractivity contribution in [3.63, 3.8) is 0 Å². The number of aromatic nitrogens is 1. The number of carbonyl (C=O) groups excluding carboxylic acids is 1. The minimum Gasteiger partial charge on any atom is -0.378 e. The first kappa shape index (κ1) is 15.6. The largest absolute Gasteiger partial charge is 0.378 e. The van der Waals surface area contributed by atoms with Crippen LogP contribution in [0.2, 0.25) is 0 Å². The van der Waals surface area contributed by atoms with Crippen molar-refractivity contribution in [2.75, 3.05) is 36.5 Å². The second-order valence-electron chi connectivity index (χ2n) is 6.38. The number of carbonyl (C=O) groups is 1. The zero-order valence-corrected chi connectivity index (χ0v) is 14.5. The summed E-state index contributed by atoms with van der Waals surface area (Å²) in [5, 5.41) is 3.10. The van der Waals surface area contributed by atoms with Gasteiger partial charge in [-0.15, -0.1) is 11.3 Å². The molecule has 0 bridgehead atoms. The first-order chi connectivity index (χ1) is 11.7. The molecule has 1 amide bonds. The Hall–Kier alpha value is -1.92. The highest BCUT2D eigenvalue weighted by Gasteiger charge is 2.44. The molecule has 4 rings (SSSR count). The number of hydrogen-bond acceptors (Lipinski definition) is 5. The fourth-order valence-corrected chi connectivity index (χ4v) is 4.30. The van der Waals surface area contributed by atoms with E-state index in [2.05, 4.69) is 34.3 Å². The number of nitrogens with zero attached hydrogens (tertiary/aromatic N) is 2. The summed E-state index contributed by atoms with van der Waals surface area (Å²) in [5.74, 6) is 0.571. The highest BCUT2D eigenvalue weighted by molar-refractivity contribution is 7.12. The molecule has 24 heavy (non-hydrogen) atoms. The summed E-state index contributed by atoms with van der Waals surface area (Å²) in [7, 11) is 0. The summed E-state index contributed by atoms with van der Waals surface area (Å²) in [6.45, 7) is 5.23. The molecule has 126 valence electrons. The number of nitrogens with one attached hydrogen (secondary N) is 1. The van der Waals surface area contributed by atoms with Gasteiger partial charge in [-0.1, -0.05) is 0 Å². The predicted octanol–water partition coefficient (Wildman–Crippen LogP) is 3.03. The van der Waals surface area contributed by atoms with Gasteiger partial charge in [0.2, 0.25) is 5.91 Å². The lowest BCUT2D eigenvalue weighted by atomic mass is 10.2. The van der Waals surface area contributed by atoms with Crippen LogP contribution in [0.25, 0.3) is 0 Å². The lowest BCUT2D eigenvalue weighted by Gasteiger charge is -2.30. The van der Waals surface area contributed by atoms with Gasteiger partial charge in [-0.05, 0) is 31.5 Å². The van der Waals surface area contributed by atoms with Crippen molar-refractivity contribution >= 4 is 28.6 Å². The normalized spacial score (nSPS) is 23.1. The fourth-order valence-electron chi connectivity index (χ4n) is 3.24. The van der Waals surface area contributed by atoms with Crippen molar-refractivity contribution in [3.05, 3.63) is 40.3 Å². The molecule has 2 atom stereocenters. The van der Waals surface area contributed by atoms with Crippen LogP contribution in [-0.2, 0) is 9.53 Å². The van der Waals surface area contributed by atoms with Gasteiger partial charge in [-0.25, -0.2) is 0 Å². The van der Waals surface area contributed by atoms with E-state index in [4.69, 9.17) is 4.74 Å². The SMILES string of the molecule is Cc1ccc([C@@H]2C[C@H]2C(=O)Nc2cnccc2N2CCOCC2)s1. The van der Waals surface area contributed by atoms with E-state index in [1.165, 1.54) is 9.75 Å². The van der Waals surface area contributed by atoms with Crippen LogP contribution in [0.4, 0.5) is 11.4 Å². The monoisotopic (exact) mass is 343 g/mol. The van der Waals surface area contributed by atoms with Gasteiger partial charge in [0.15, 0.2) is 0 Å². The molecule has 0 aromatic carbocycles. The van der Waals surface area contributed by atoms with Crippen molar-refractivity contribution in [1.29, 1.82) is 0 Å².